The highest BCUT2D eigenvalue weighted by atomic mass is 16.5. The van der Waals surface area contributed by atoms with Crippen molar-refractivity contribution >= 4 is 5.91 Å². The molecule has 0 aliphatic carbocycles. The Morgan fingerprint density at radius 2 is 1.81 bits per heavy atom. The molecular weight excluding hydrogens is 346 g/mol. The van der Waals surface area contributed by atoms with Crippen molar-refractivity contribution < 1.29 is 18.4 Å². The summed E-state index contributed by atoms with van der Waals surface area (Å²) >= 11 is 0. The van der Waals surface area contributed by atoms with Crippen molar-refractivity contribution in [2.24, 2.45) is 0 Å². The zero-order chi connectivity index (χ0) is 18.9. The molecule has 0 spiro atoms. The fraction of sp³-hybridized carbons (Fsp3) is 0.350. The molecule has 0 aliphatic heterocycles. The minimum absolute atomic E-state index is 0.0421. The van der Waals surface area contributed by atoms with Crippen LogP contribution in [0.15, 0.2) is 51.5 Å². The van der Waals surface area contributed by atoms with Crippen LogP contribution in [0.2, 0.25) is 0 Å². The van der Waals surface area contributed by atoms with E-state index in [0.29, 0.717) is 44.0 Å². The lowest BCUT2D eigenvalue weighted by Crippen LogP contribution is -2.25. The van der Waals surface area contributed by atoms with E-state index < -0.39 is 0 Å². The van der Waals surface area contributed by atoms with E-state index in [1.165, 1.54) is 5.56 Å². The summed E-state index contributed by atoms with van der Waals surface area (Å²) in [6.07, 6.45) is 4.52. The van der Waals surface area contributed by atoms with Crippen molar-refractivity contribution in [3.8, 4) is 5.75 Å². The monoisotopic (exact) mass is 369 g/mol. The van der Waals surface area contributed by atoms with E-state index in [9.17, 15) is 4.79 Å². The van der Waals surface area contributed by atoms with Crippen molar-refractivity contribution in [2.45, 2.75) is 32.1 Å². The van der Waals surface area contributed by atoms with Gasteiger partial charge in [-0.25, -0.2) is 0 Å². The van der Waals surface area contributed by atoms with Gasteiger partial charge in [-0.05, 0) is 36.2 Å². The van der Waals surface area contributed by atoms with Gasteiger partial charge in [-0.15, -0.1) is 10.2 Å². The number of benzene rings is 1. The summed E-state index contributed by atoms with van der Waals surface area (Å²) in [5.41, 5.74) is 1.17. The lowest BCUT2D eigenvalue weighted by molar-refractivity contribution is -0.121. The van der Waals surface area contributed by atoms with Crippen molar-refractivity contribution in [3.63, 3.8) is 0 Å². The van der Waals surface area contributed by atoms with Crippen LogP contribution in [0, 0.1) is 0 Å². The second kappa shape index (κ2) is 9.56. The topological polar surface area (TPSA) is 90.4 Å². The van der Waals surface area contributed by atoms with Crippen LogP contribution in [0.4, 0.5) is 0 Å². The third-order valence-electron chi connectivity index (χ3n) is 4.13. The first kappa shape index (κ1) is 18.7. The minimum Gasteiger partial charge on any atom is -0.497 e. The molecule has 7 heteroatoms. The molecule has 0 bridgehead atoms. The average Bonchev–Trinajstić information content (AvgIpc) is 3.37. The Morgan fingerprint density at radius 3 is 2.52 bits per heavy atom. The van der Waals surface area contributed by atoms with E-state index in [1.54, 1.807) is 13.4 Å². The Hall–Kier alpha value is -3.09. The van der Waals surface area contributed by atoms with Crippen LogP contribution in [0.1, 0.15) is 29.5 Å². The number of nitrogens with zero attached hydrogens (tertiary/aromatic N) is 2. The van der Waals surface area contributed by atoms with Crippen LogP contribution < -0.4 is 10.1 Å². The van der Waals surface area contributed by atoms with Gasteiger partial charge in [0.15, 0.2) is 0 Å². The van der Waals surface area contributed by atoms with Crippen molar-refractivity contribution in [3.05, 3.63) is 65.8 Å². The number of hydrogen-bond acceptors (Lipinski definition) is 6. The van der Waals surface area contributed by atoms with E-state index >= 15 is 0 Å². The number of carbonyl (C=O) groups excluding carboxylic acids is 1. The van der Waals surface area contributed by atoms with Gasteiger partial charge in [-0.3, -0.25) is 4.79 Å². The largest absolute Gasteiger partial charge is 0.497 e. The van der Waals surface area contributed by atoms with Crippen molar-refractivity contribution in [1.29, 1.82) is 0 Å². The molecule has 0 aliphatic rings. The predicted octanol–water partition coefficient (Wildman–Crippen LogP) is 2.75. The molecule has 2 aromatic heterocycles. The number of methoxy groups -OCH3 is 1. The number of hydrogen-bond donors (Lipinski definition) is 1. The van der Waals surface area contributed by atoms with Crippen LogP contribution in [-0.2, 0) is 30.5 Å². The Kier molecular flexibility index (Phi) is 6.62. The molecule has 0 unspecified atom stereocenters. The molecule has 1 N–H and O–H groups in total. The number of aryl methyl sites for hydroxylation is 3. The van der Waals surface area contributed by atoms with E-state index in [0.717, 1.165) is 17.9 Å². The fourth-order valence-corrected chi connectivity index (χ4v) is 2.62. The Morgan fingerprint density at radius 1 is 1.04 bits per heavy atom. The highest BCUT2D eigenvalue weighted by Gasteiger charge is 2.09. The first-order valence-corrected chi connectivity index (χ1v) is 8.96. The van der Waals surface area contributed by atoms with Crippen molar-refractivity contribution in [1.82, 2.24) is 15.5 Å². The zero-order valence-corrected chi connectivity index (χ0v) is 15.3. The van der Waals surface area contributed by atoms with Crippen LogP contribution >= 0.6 is 0 Å². The molecule has 2 heterocycles. The van der Waals surface area contributed by atoms with Crippen LogP contribution in [0.5, 0.6) is 5.75 Å². The van der Waals surface area contributed by atoms with Gasteiger partial charge in [0.2, 0.25) is 17.7 Å². The minimum atomic E-state index is -0.0421. The summed E-state index contributed by atoms with van der Waals surface area (Å²) in [6, 6.07) is 11.6. The zero-order valence-electron chi connectivity index (χ0n) is 15.3. The van der Waals surface area contributed by atoms with Gasteiger partial charge in [0.1, 0.15) is 11.5 Å². The number of ether oxygens (including phenoxy) is 1. The second-order valence-corrected chi connectivity index (χ2v) is 6.12. The molecule has 3 aromatic rings. The van der Waals surface area contributed by atoms with Crippen LogP contribution in [0.25, 0.3) is 0 Å². The molecule has 0 radical (unpaired) electrons. The number of nitrogens with one attached hydrogen (secondary N) is 1. The first-order chi connectivity index (χ1) is 13.2. The van der Waals surface area contributed by atoms with Crippen LogP contribution in [-0.4, -0.2) is 29.8 Å². The van der Waals surface area contributed by atoms with Gasteiger partial charge in [0.25, 0.3) is 0 Å². The number of amides is 1. The SMILES string of the molecule is COc1ccc(CCc2nnc(CCC(=O)NCCc3ccco3)o2)cc1. The number of furan rings is 1. The summed E-state index contributed by atoms with van der Waals surface area (Å²) in [7, 11) is 1.65. The summed E-state index contributed by atoms with van der Waals surface area (Å²) in [4.78, 5) is 11.9. The van der Waals surface area contributed by atoms with E-state index in [2.05, 4.69) is 15.5 Å². The highest BCUT2D eigenvalue weighted by Crippen LogP contribution is 2.13. The number of aromatic nitrogens is 2. The van der Waals surface area contributed by atoms with Crippen molar-refractivity contribution in [2.75, 3.05) is 13.7 Å². The first-order valence-electron chi connectivity index (χ1n) is 8.96. The molecule has 1 aromatic carbocycles. The Bertz CT molecular complexity index is 825. The highest BCUT2D eigenvalue weighted by molar-refractivity contribution is 5.75. The van der Waals surface area contributed by atoms with Crippen LogP contribution in [0.3, 0.4) is 0 Å². The Balaban J connectivity index is 1.36. The molecule has 3 rings (SSSR count). The molecule has 142 valence electrons. The molecule has 0 fully saturated rings. The number of carbonyl (C=O) groups is 1. The smallest absolute Gasteiger partial charge is 0.220 e. The molecule has 7 nitrogen and oxygen atoms in total. The Labute approximate surface area is 157 Å². The molecule has 0 atom stereocenters. The lowest BCUT2D eigenvalue weighted by atomic mass is 10.1. The predicted molar refractivity (Wildman–Crippen MR) is 98.4 cm³/mol. The number of rotatable bonds is 10. The third-order valence-corrected chi connectivity index (χ3v) is 4.13. The maximum Gasteiger partial charge on any atom is 0.220 e. The fourth-order valence-electron chi connectivity index (χ4n) is 2.62. The van der Waals surface area contributed by atoms with Gasteiger partial charge >= 0.3 is 0 Å². The molecule has 0 saturated heterocycles. The molecule has 1 amide bonds. The maximum absolute atomic E-state index is 11.9. The average molecular weight is 369 g/mol. The van der Waals surface area contributed by atoms with E-state index in [-0.39, 0.29) is 5.91 Å². The second-order valence-electron chi connectivity index (χ2n) is 6.12. The van der Waals surface area contributed by atoms with Gasteiger partial charge in [0.05, 0.1) is 13.4 Å². The molecule has 0 saturated carbocycles. The summed E-state index contributed by atoms with van der Waals surface area (Å²) in [6.45, 7) is 0.545. The lowest BCUT2D eigenvalue weighted by Gasteiger charge is -2.02. The third kappa shape index (κ3) is 5.99. The maximum atomic E-state index is 11.9. The van der Waals surface area contributed by atoms with E-state index in [1.807, 2.05) is 36.4 Å². The summed E-state index contributed by atoms with van der Waals surface area (Å²) < 4.78 is 16.0. The van der Waals surface area contributed by atoms with Gasteiger partial charge in [0, 0.05) is 32.2 Å². The normalized spacial score (nSPS) is 10.7. The molecular formula is C20H23N3O4. The van der Waals surface area contributed by atoms with Gasteiger partial charge < -0.3 is 18.9 Å². The quantitative estimate of drug-likeness (QED) is 0.591. The molecule has 27 heavy (non-hydrogen) atoms. The summed E-state index contributed by atoms with van der Waals surface area (Å²) in [5, 5.41) is 10.9. The van der Waals surface area contributed by atoms with Gasteiger partial charge in [-0.2, -0.15) is 0 Å². The summed E-state index contributed by atoms with van der Waals surface area (Å²) in [5.74, 6) is 2.72. The van der Waals surface area contributed by atoms with Gasteiger partial charge in [-0.1, -0.05) is 12.1 Å². The standard InChI is InChI=1S/C20H23N3O4/c1-25-16-7-4-15(5-8-16)6-10-19-22-23-20(27-19)11-9-18(24)21-13-12-17-3-2-14-26-17/h2-5,7-8,14H,6,9-13H2,1H3,(H,21,24). The van der Waals surface area contributed by atoms with E-state index in [4.69, 9.17) is 13.6 Å².